The summed E-state index contributed by atoms with van der Waals surface area (Å²) in [6.45, 7) is 1.27. The number of nitrogens with one attached hydrogen (secondary N) is 1. The molecule has 0 aliphatic rings. The molecule has 2 rings (SSSR count). The Morgan fingerprint density at radius 3 is 2.29 bits per heavy atom. The third-order valence-corrected chi connectivity index (χ3v) is 5.92. The average Bonchev–Trinajstić information content (AvgIpc) is 2.67. The average molecular weight is 446 g/mol. The van der Waals surface area contributed by atoms with Gasteiger partial charge in [0, 0.05) is 0 Å². The van der Waals surface area contributed by atoms with E-state index in [1.54, 1.807) is 12.1 Å². The summed E-state index contributed by atoms with van der Waals surface area (Å²) in [4.78, 5) is 23.4. The number of esters is 2. The van der Waals surface area contributed by atoms with Crippen LogP contribution in [0.2, 0.25) is 10.0 Å². The Kier molecular flexibility index (Phi) is 7.42. The minimum Gasteiger partial charge on any atom is -0.465 e. The summed E-state index contributed by atoms with van der Waals surface area (Å²) in [5, 5.41) is 0.293. The molecule has 0 fully saturated rings. The third kappa shape index (κ3) is 5.68. The lowest BCUT2D eigenvalue weighted by Gasteiger charge is -2.14. The van der Waals surface area contributed by atoms with Crippen molar-refractivity contribution in [3.8, 4) is 0 Å². The van der Waals surface area contributed by atoms with Gasteiger partial charge in [-0.05, 0) is 42.8 Å². The fourth-order valence-electron chi connectivity index (χ4n) is 2.13. The highest BCUT2D eigenvalue weighted by atomic mass is 35.5. The highest BCUT2D eigenvalue weighted by molar-refractivity contribution is 7.89. The number of sulfonamides is 1. The van der Waals surface area contributed by atoms with Gasteiger partial charge >= 0.3 is 11.9 Å². The minimum absolute atomic E-state index is 0.0789. The van der Waals surface area contributed by atoms with Crippen LogP contribution in [-0.2, 0) is 30.9 Å². The van der Waals surface area contributed by atoms with E-state index in [0.29, 0.717) is 11.1 Å². The Labute approximate surface area is 172 Å². The lowest BCUT2D eigenvalue weighted by molar-refractivity contribution is -0.146. The van der Waals surface area contributed by atoms with Gasteiger partial charge in [0.15, 0.2) is 0 Å². The monoisotopic (exact) mass is 445 g/mol. The SMILES string of the molecule is COC(=O)c1ccc(COC(=O)[C@@H](C)NS(=O)(=O)c2ccc(Cl)c(Cl)c2)cc1. The summed E-state index contributed by atoms with van der Waals surface area (Å²) in [5.41, 5.74) is 0.987. The normalized spacial score (nSPS) is 12.3. The van der Waals surface area contributed by atoms with Crippen molar-refractivity contribution in [1.82, 2.24) is 4.72 Å². The second-order valence-electron chi connectivity index (χ2n) is 5.72. The quantitative estimate of drug-likeness (QED) is 0.656. The number of rotatable bonds is 7. The van der Waals surface area contributed by atoms with Gasteiger partial charge in [-0.3, -0.25) is 4.79 Å². The van der Waals surface area contributed by atoms with Gasteiger partial charge in [-0.2, -0.15) is 4.72 Å². The number of methoxy groups -OCH3 is 1. The van der Waals surface area contributed by atoms with Crippen molar-refractivity contribution < 1.29 is 27.5 Å². The van der Waals surface area contributed by atoms with E-state index < -0.39 is 28.0 Å². The van der Waals surface area contributed by atoms with Crippen LogP contribution >= 0.6 is 23.2 Å². The zero-order chi connectivity index (χ0) is 20.9. The van der Waals surface area contributed by atoms with Crippen molar-refractivity contribution in [2.24, 2.45) is 0 Å². The summed E-state index contributed by atoms with van der Waals surface area (Å²) in [7, 11) is -2.71. The van der Waals surface area contributed by atoms with Gasteiger partial charge in [-0.25, -0.2) is 13.2 Å². The molecule has 2 aromatic rings. The van der Waals surface area contributed by atoms with Crippen molar-refractivity contribution in [1.29, 1.82) is 0 Å². The molecule has 0 spiro atoms. The molecule has 0 amide bonds. The second kappa shape index (κ2) is 9.38. The second-order valence-corrected chi connectivity index (χ2v) is 8.24. The fraction of sp³-hybridized carbons (Fsp3) is 0.222. The van der Waals surface area contributed by atoms with Gasteiger partial charge in [0.05, 0.1) is 27.6 Å². The maximum atomic E-state index is 12.4. The van der Waals surface area contributed by atoms with E-state index in [9.17, 15) is 18.0 Å². The summed E-state index contributed by atoms with van der Waals surface area (Å²) < 4.78 is 36.6. The fourth-order valence-corrected chi connectivity index (χ4v) is 3.71. The number of carbonyl (C=O) groups is 2. The molecule has 28 heavy (non-hydrogen) atoms. The van der Waals surface area contributed by atoms with Crippen LogP contribution in [0.15, 0.2) is 47.4 Å². The molecule has 0 bridgehead atoms. The highest BCUT2D eigenvalue weighted by Gasteiger charge is 2.23. The molecule has 2 aromatic carbocycles. The van der Waals surface area contributed by atoms with Gasteiger partial charge in [-0.1, -0.05) is 35.3 Å². The molecule has 0 heterocycles. The van der Waals surface area contributed by atoms with E-state index in [2.05, 4.69) is 9.46 Å². The van der Waals surface area contributed by atoms with Crippen molar-refractivity contribution in [3.05, 3.63) is 63.6 Å². The number of ether oxygens (including phenoxy) is 2. The van der Waals surface area contributed by atoms with Crippen LogP contribution in [-0.4, -0.2) is 33.5 Å². The lowest BCUT2D eigenvalue weighted by atomic mass is 10.1. The predicted molar refractivity (Wildman–Crippen MR) is 104 cm³/mol. The van der Waals surface area contributed by atoms with Gasteiger partial charge in [0.1, 0.15) is 12.6 Å². The molecular formula is C18H17Cl2NO6S. The summed E-state index contributed by atoms with van der Waals surface area (Å²) in [5.74, 6) is -1.24. The van der Waals surface area contributed by atoms with E-state index in [-0.39, 0.29) is 21.5 Å². The van der Waals surface area contributed by atoms with E-state index in [4.69, 9.17) is 27.9 Å². The van der Waals surface area contributed by atoms with Crippen LogP contribution in [0, 0.1) is 0 Å². The zero-order valence-corrected chi connectivity index (χ0v) is 17.3. The largest absolute Gasteiger partial charge is 0.465 e. The Bertz CT molecular complexity index is 976. The molecule has 0 aliphatic heterocycles. The molecule has 1 N–H and O–H groups in total. The van der Waals surface area contributed by atoms with Crippen molar-refractivity contribution in [2.45, 2.75) is 24.5 Å². The maximum Gasteiger partial charge on any atom is 0.337 e. The molecule has 150 valence electrons. The predicted octanol–water partition coefficient (Wildman–Crippen LogP) is 3.19. The molecule has 10 heteroatoms. The number of hydrogen-bond donors (Lipinski definition) is 1. The Morgan fingerprint density at radius 2 is 1.71 bits per heavy atom. The van der Waals surface area contributed by atoms with Gasteiger partial charge in [0.2, 0.25) is 10.0 Å². The molecule has 0 aliphatic carbocycles. The third-order valence-electron chi connectivity index (χ3n) is 3.64. The van der Waals surface area contributed by atoms with E-state index in [0.717, 1.165) is 0 Å². The number of benzene rings is 2. The Hall–Kier alpha value is -2.13. The zero-order valence-electron chi connectivity index (χ0n) is 14.9. The Morgan fingerprint density at radius 1 is 1.07 bits per heavy atom. The van der Waals surface area contributed by atoms with Crippen molar-refractivity contribution in [3.63, 3.8) is 0 Å². The van der Waals surface area contributed by atoms with Crippen LogP contribution in [0.4, 0.5) is 0 Å². The van der Waals surface area contributed by atoms with Crippen molar-refractivity contribution in [2.75, 3.05) is 7.11 Å². The standard InChI is InChI=1S/C18H17Cl2NO6S/c1-11(21-28(24,25)14-7-8-15(19)16(20)9-14)17(22)27-10-12-3-5-13(6-4-12)18(23)26-2/h3-9,11,21H,10H2,1-2H3/t11-/m1/s1. The van der Waals surface area contributed by atoms with Crippen LogP contribution in [0.5, 0.6) is 0 Å². The van der Waals surface area contributed by atoms with E-state index >= 15 is 0 Å². The molecule has 0 radical (unpaired) electrons. The number of hydrogen-bond acceptors (Lipinski definition) is 6. The van der Waals surface area contributed by atoms with Crippen molar-refractivity contribution >= 4 is 45.2 Å². The molecule has 1 atom stereocenters. The number of carbonyl (C=O) groups excluding carboxylic acids is 2. The van der Waals surface area contributed by atoms with Crippen LogP contribution in [0.1, 0.15) is 22.8 Å². The van der Waals surface area contributed by atoms with E-state index in [1.807, 2.05) is 0 Å². The van der Waals surface area contributed by atoms with Gasteiger partial charge in [0.25, 0.3) is 0 Å². The molecule has 0 unspecified atom stereocenters. The first-order valence-corrected chi connectivity index (χ1v) is 10.2. The first kappa shape index (κ1) is 22.2. The smallest absolute Gasteiger partial charge is 0.337 e. The lowest BCUT2D eigenvalue weighted by Crippen LogP contribution is -2.39. The van der Waals surface area contributed by atoms with Crippen LogP contribution in [0.3, 0.4) is 0 Å². The first-order valence-electron chi connectivity index (χ1n) is 7.95. The molecule has 7 nitrogen and oxygen atoms in total. The summed E-state index contributed by atoms with van der Waals surface area (Å²) in [6, 6.07) is 8.95. The summed E-state index contributed by atoms with van der Waals surface area (Å²) >= 11 is 11.6. The molecule has 0 aromatic heterocycles. The highest BCUT2D eigenvalue weighted by Crippen LogP contribution is 2.24. The van der Waals surface area contributed by atoms with Gasteiger partial charge < -0.3 is 9.47 Å². The van der Waals surface area contributed by atoms with Gasteiger partial charge in [-0.15, -0.1) is 0 Å². The molecular weight excluding hydrogens is 429 g/mol. The maximum absolute atomic E-state index is 12.4. The summed E-state index contributed by atoms with van der Waals surface area (Å²) in [6.07, 6.45) is 0. The molecule has 0 saturated heterocycles. The van der Waals surface area contributed by atoms with Crippen LogP contribution < -0.4 is 4.72 Å². The topological polar surface area (TPSA) is 98.8 Å². The molecule has 0 saturated carbocycles. The van der Waals surface area contributed by atoms with E-state index in [1.165, 1.54) is 44.4 Å². The Balaban J connectivity index is 1.96. The first-order chi connectivity index (χ1) is 13.1. The minimum atomic E-state index is -3.99. The van der Waals surface area contributed by atoms with Crippen LogP contribution in [0.25, 0.3) is 0 Å². The number of halogens is 2.